The van der Waals surface area contributed by atoms with Crippen molar-refractivity contribution < 1.29 is 19.0 Å². The molecule has 1 rings (SSSR count). The number of benzene rings is 1. The number of halogens is 2. The summed E-state index contributed by atoms with van der Waals surface area (Å²) in [5.41, 5.74) is -0.0260. The van der Waals surface area contributed by atoms with Gasteiger partial charge < -0.3 is 10.2 Å². The average Bonchev–Trinajstić information content (AvgIpc) is 2.24. The van der Waals surface area contributed by atoms with Crippen LogP contribution in [0, 0.1) is 18.6 Å². The van der Waals surface area contributed by atoms with Crippen molar-refractivity contribution in [1.82, 2.24) is 0 Å². The number of rotatable bonds is 3. The summed E-state index contributed by atoms with van der Waals surface area (Å²) in [4.78, 5) is 0. The van der Waals surface area contributed by atoms with Crippen molar-refractivity contribution in [3.8, 4) is 0 Å². The predicted octanol–water partition coefficient (Wildman–Crippen LogP) is 2.08. The van der Waals surface area contributed by atoms with Crippen LogP contribution in [-0.4, -0.2) is 16.3 Å². The standard InChI is InChI=1S/C11H14F2O2/c1-3-8(14)11(15)7-5-4-6(2)9(12)10(7)13/h4-5,8,11,14-15H,3H2,1-2H3. The summed E-state index contributed by atoms with van der Waals surface area (Å²) in [7, 11) is 0. The van der Waals surface area contributed by atoms with Crippen LogP contribution in [0.15, 0.2) is 12.1 Å². The molecular weight excluding hydrogens is 202 g/mol. The Morgan fingerprint density at radius 1 is 1.20 bits per heavy atom. The van der Waals surface area contributed by atoms with Gasteiger partial charge in [0.05, 0.1) is 6.10 Å². The Morgan fingerprint density at radius 2 is 1.80 bits per heavy atom. The molecule has 0 saturated heterocycles. The van der Waals surface area contributed by atoms with E-state index in [-0.39, 0.29) is 17.5 Å². The first-order chi connectivity index (χ1) is 6.99. The predicted molar refractivity (Wildman–Crippen MR) is 52.4 cm³/mol. The zero-order valence-corrected chi connectivity index (χ0v) is 8.67. The Labute approximate surface area is 87.2 Å². The first kappa shape index (κ1) is 12.1. The molecule has 0 aliphatic heterocycles. The molecule has 0 saturated carbocycles. The number of aryl methyl sites for hydroxylation is 1. The molecule has 0 heterocycles. The molecule has 84 valence electrons. The fraction of sp³-hybridized carbons (Fsp3) is 0.455. The van der Waals surface area contributed by atoms with Gasteiger partial charge in [0, 0.05) is 5.56 Å². The SMILES string of the molecule is CCC(O)C(O)c1ccc(C)c(F)c1F. The average molecular weight is 216 g/mol. The fourth-order valence-corrected chi connectivity index (χ4v) is 1.32. The minimum absolute atomic E-state index is 0.175. The molecule has 1 aromatic carbocycles. The largest absolute Gasteiger partial charge is 0.390 e. The van der Waals surface area contributed by atoms with Gasteiger partial charge >= 0.3 is 0 Å². The Hall–Kier alpha value is -1.00. The molecule has 15 heavy (non-hydrogen) atoms. The molecule has 2 N–H and O–H groups in total. The quantitative estimate of drug-likeness (QED) is 0.812. The molecule has 0 bridgehead atoms. The lowest BCUT2D eigenvalue weighted by Gasteiger charge is -2.17. The summed E-state index contributed by atoms with van der Waals surface area (Å²) in [6.07, 6.45) is -2.19. The second kappa shape index (κ2) is 4.68. The van der Waals surface area contributed by atoms with Crippen LogP contribution in [0.5, 0.6) is 0 Å². The van der Waals surface area contributed by atoms with Gasteiger partial charge in [0.25, 0.3) is 0 Å². The molecule has 4 heteroatoms. The van der Waals surface area contributed by atoms with Crippen molar-refractivity contribution in [2.75, 3.05) is 0 Å². The van der Waals surface area contributed by atoms with E-state index in [1.54, 1.807) is 6.92 Å². The van der Waals surface area contributed by atoms with Gasteiger partial charge in [-0.2, -0.15) is 0 Å². The second-order valence-electron chi connectivity index (χ2n) is 3.52. The highest BCUT2D eigenvalue weighted by Gasteiger charge is 2.22. The summed E-state index contributed by atoms with van der Waals surface area (Å²) in [5.74, 6) is -2.06. The minimum atomic E-state index is -1.38. The molecule has 2 unspecified atom stereocenters. The topological polar surface area (TPSA) is 40.5 Å². The van der Waals surface area contributed by atoms with Crippen LogP contribution in [0.4, 0.5) is 8.78 Å². The molecule has 0 fully saturated rings. The maximum atomic E-state index is 13.4. The summed E-state index contributed by atoms with van der Waals surface area (Å²) in [5, 5.41) is 18.9. The van der Waals surface area contributed by atoms with Crippen LogP contribution in [0.1, 0.15) is 30.6 Å². The smallest absolute Gasteiger partial charge is 0.164 e. The highest BCUT2D eigenvalue weighted by atomic mass is 19.2. The fourth-order valence-electron chi connectivity index (χ4n) is 1.32. The van der Waals surface area contributed by atoms with Crippen molar-refractivity contribution in [2.45, 2.75) is 32.5 Å². The maximum absolute atomic E-state index is 13.4. The van der Waals surface area contributed by atoms with Gasteiger partial charge in [0.1, 0.15) is 6.10 Å². The summed E-state index contributed by atoms with van der Waals surface area (Å²) in [6.45, 7) is 3.08. The van der Waals surface area contributed by atoms with Crippen molar-refractivity contribution in [3.05, 3.63) is 34.9 Å². The van der Waals surface area contributed by atoms with E-state index in [9.17, 15) is 19.0 Å². The van der Waals surface area contributed by atoms with E-state index in [2.05, 4.69) is 0 Å². The number of hydrogen-bond acceptors (Lipinski definition) is 2. The third kappa shape index (κ3) is 2.33. The van der Waals surface area contributed by atoms with Crippen molar-refractivity contribution in [3.63, 3.8) is 0 Å². The van der Waals surface area contributed by atoms with Gasteiger partial charge in [-0.1, -0.05) is 19.1 Å². The van der Waals surface area contributed by atoms with E-state index < -0.39 is 23.8 Å². The normalized spacial score (nSPS) is 15.1. The first-order valence-electron chi connectivity index (χ1n) is 4.79. The van der Waals surface area contributed by atoms with Crippen molar-refractivity contribution in [1.29, 1.82) is 0 Å². The van der Waals surface area contributed by atoms with Crippen LogP contribution >= 0.6 is 0 Å². The van der Waals surface area contributed by atoms with Gasteiger partial charge in [-0.25, -0.2) is 8.78 Å². The van der Waals surface area contributed by atoms with E-state index in [0.29, 0.717) is 0 Å². The molecule has 2 atom stereocenters. The third-order valence-electron chi connectivity index (χ3n) is 2.41. The lowest BCUT2D eigenvalue weighted by Crippen LogP contribution is -2.18. The molecule has 0 aromatic heterocycles. The molecule has 0 aliphatic carbocycles. The van der Waals surface area contributed by atoms with Gasteiger partial charge in [0.15, 0.2) is 11.6 Å². The van der Waals surface area contributed by atoms with Crippen LogP contribution in [0.2, 0.25) is 0 Å². The highest BCUT2D eigenvalue weighted by Crippen LogP contribution is 2.24. The molecule has 1 aromatic rings. The number of aliphatic hydroxyl groups excluding tert-OH is 2. The van der Waals surface area contributed by atoms with Gasteiger partial charge in [-0.15, -0.1) is 0 Å². The Bertz CT molecular complexity index is 353. The van der Waals surface area contributed by atoms with E-state index in [4.69, 9.17) is 0 Å². The molecule has 0 amide bonds. The van der Waals surface area contributed by atoms with E-state index in [0.717, 1.165) is 0 Å². The van der Waals surface area contributed by atoms with Gasteiger partial charge in [-0.3, -0.25) is 0 Å². The number of hydrogen-bond donors (Lipinski definition) is 2. The third-order valence-corrected chi connectivity index (χ3v) is 2.41. The van der Waals surface area contributed by atoms with Crippen LogP contribution in [0.3, 0.4) is 0 Å². The number of aliphatic hydroxyl groups is 2. The van der Waals surface area contributed by atoms with E-state index >= 15 is 0 Å². The van der Waals surface area contributed by atoms with Gasteiger partial charge in [-0.05, 0) is 18.9 Å². The van der Waals surface area contributed by atoms with E-state index in [1.165, 1.54) is 19.1 Å². The molecule has 2 nitrogen and oxygen atoms in total. The Kier molecular flexibility index (Phi) is 3.77. The van der Waals surface area contributed by atoms with Crippen LogP contribution < -0.4 is 0 Å². The van der Waals surface area contributed by atoms with Crippen molar-refractivity contribution >= 4 is 0 Å². The van der Waals surface area contributed by atoms with Crippen molar-refractivity contribution in [2.24, 2.45) is 0 Å². The maximum Gasteiger partial charge on any atom is 0.164 e. The lowest BCUT2D eigenvalue weighted by molar-refractivity contribution is 0.0140. The monoisotopic (exact) mass is 216 g/mol. The molecule has 0 aliphatic rings. The lowest BCUT2D eigenvalue weighted by atomic mass is 10.0. The highest BCUT2D eigenvalue weighted by molar-refractivity contribution is 5.27. The zero-order valence-electron chi connectivity index (χ0n) is 8.67. The van der Waals surface area contributed by atoms with Crippen LogP contribution in [0.25, 0.3) is 0 Å². The summed E-state index contributed by atoms with van der Waals surface area (Å²) in [6, 6.07) is 2.66. The van der Waals surface area contributed by atoms with Crippen LogP contribution in [-0.2, 0) is 0 Å². The molecular formula is C11H14F2O2. The summed E-state index contributed by atoms with van der Waals surface area (Å²) >= 11 is 0. The Balaban J connectivity index is 3.10. The Morgan fingerprint density at radius 3 is 2.33 bits per heavy atom. The van der Waals surface area contributed by atoms with Gasteiger partial charge in [0.2, 0.25) is 0 Å². The minimum Gasteiger partial charge on any atom is -0.390 e. The molecule has 0 spiro atoms. The second-order valence-corrected chi connectivity index (χ2v) is 3.52. The summed E-state index contributed by atoms with van der Waals surface area (Å²) < 4.78 is 26.5. The van der Waals surface area contributed by atoms with E-state index in [1.807, 2.05) is 0 Å². The molecule has 0 radical (unpaired) electrons. The zero-order chi connectivity index (χ0) is 11.6. The first-order valence-corrected chi connectivity index (χ1v) is 4.79.